The van der Waals surface area contributed by atoms with Crippen molar-refractivity contribution in [2.24, 2.45) is 0 Å². The van der Waals surface area contributed by atoms with Crippen LogP contribution < -0.4 is 0 Å². The van der Waals surface area contributed by atoms with Crippen LogP contribution in [0.1, 0.15) is 5.56 Å². The Kier molecular flexibility index (Phi) is 4.17. The molecule has 0 heterocycles. The van der Waals surface area contributed by atoms with Gasteiger partial charge in [0.15, 0.2) is 0 Å². The fourth-order valence-electron chi connectivity index (χ4n) is 1.08. The molecule has 15 heavy (non-hydrogen) atoms. The van der Waals surface area contributed by atoms with Crippen LogP contribution in [-0.2, 0) is 16.0 Å². The highest BCUT2D eigenvalue weighted by Gasteiger charge is 2.13. The summed E-state index contributed by atoms with van der Waals surface area (Å²) in [6, 6.07) is 9.11. The van der Waals surface area contributed by atoms with E-state index in [1.165, 1.54) is 0 Å². The van der Waals surface area contributed by atoms with Crippen molar-refractivity contribution in [3.8, 4) is 0 Å². The molecule has 0 aromatic heterocycles. The molecule has 0 saturated carbocycles. The van der Waals surface area contributed by atoms with Gasteiger partial charge in [-0.05, 0) is 5.56 Å². The van der Waals surface area contributed by atoms with E-state index in [-0.39, 0.29) is 12.3 Å². The summed E-state index contributed by atoms with van der Waals surface area (Å²) in [5.41, 5.74) is 0.840. The minimum atomic E-state index is -1.08. The number of carbonyl (C=O) groups is 2. The number of carboxylic acids is 1. The minimum absolute atomic E-state index is 0.164. The van der Waals surface area contributed by atoms with Crippen LogP contribution >= 0.6 is 12.8 Å². The van der Waals surface area contributed by atoms with Crippen LogP contribution in [-0.4, -0.2) is 27.8 Å². The molecule has 0 radical (unpaired) electrons. The van der Waals surface area contributed by atoms with E-state index >= 15 is 0 Å². The van der Waals surface area contributed by atoms with Crippen molar-refractivity contribution >= 4 is 24.7 Å². The highest BCUT2D eigenvalue weighted by molar-refractivity contribution is 7.78. The van der Waals surface area contributed by atoms with Crippen molar-refractivity contribution in [3.05, 3.63) is 35.9 Å². The first-order chi connectivity index (χ1) is 7.09. The Morgan fingerprint density at radius 3 is 2.40 bits per heavy atom. The largest absolute Gasteiger partial charge is 0.480 e. The number of benzene rings is 1. The molecule has 1 rings (SSSR count). The molecule has 0 unspecified atom stereocenters. The average molecular weight is 225 g/mol. The predicted molar refractivity (Wildman–Crippen MR) is 58.5 cm³/mol. The van der Waals surface area contributed by atoms with Crippen LogP contribution in [0.3, 0.4) is 0 Å². The maximum Gasteiger partial charge on any atom is 0.324 e. The van der Waals surface area contributed by atoms with Gasteiger partial charge in [-0.3, -0.25) is 13.9 Å². The summed E-state index contributed by atoms with van der Waals surface area (Å²) in [5, 5.41) is 8.46. The lowest BCUT2D eigenvalue weighted by Crippen LogP contribution is -2.28. The van der Waals surface area contributed by atoms with Gasteiger partial charge in [-0.2, -0.15) is 0 Å². The molecule has 4 nitrogen and oxygen atoms in total. The number of rotatable bonds is 4. The Labute approximate surface area is 93.1 Å². The number of hydrogen-bond donors (Lipinski definition) is 2. The van der Waals surface area contributed by atoms with Gasteiger partial charge in [-0.15, -0.1) is 0 Å². The third kappa shape index (κ3) is 4.03. The Balaban J connectivity index is 2.52. The summed E-state index contributed by atoms with van der Waals surface area (Å²) in [6.07, 6.45) is 0.164. The normalized spacial score (nSPS) is 9.67. The van der Waals surface area contributed by atoms with E-state index in [9.17, 15) is 9.59 Å². The van der Waals surface area contributed by atoms with Gasteiger partial charge < -0.3 is 5.11 Å². The van der Waals surface area contributed by atoms with E-state index in [2.05, 4.69) is 12.8 Å². The minimum Gasteiger partial charge on any atom is -0.480 e. The summed E-state index contributed by atoms with van der Waals surface area (Å²) >= 11 is 3.80. The number of hydrogen-bond acceptors (Lipinski definition) is 3. The molecule has 0 fully saturated rings. The zero-order chi connectivity index (χ0) is 11.3. The average Bonchev–Trinajstić information content (AvgIpc) is 2.18. The van der Waals surface area contributed by atoms with Crippen molar-refractivity contribution < 1.29 is 14.7 Å². The second-order valence-electron chi connectivity index (χ2n) is 3.01. The van der Waals surface area contributed by atoms with Crippen LogP contribution in [0.2, 0.25) is 0 Å². The molecule has 1 N–H and O–H groups in total. The first-order valence-corrected chi connectivity index (χ1v) is 4.74. The highest BCUT2D eigenvalue weighted by Crippen LogP contribution is 2.04. The first-order valence-electron chi connectivity index (χ1n) is 4.34. The Morgan fingerprint density at radius 1 is 1.27 bits per heavy atom. The van der Waals surface area contributed by atoms with Crippen molar-refractivity contribution in [2.75, 3.05) is 6.54 Å². The van der Waals surface area contributed by atoms with E-state index in [1.54, 1.807) is 12.1 Å². The van der Waals surface area contributed by atoms with E-state index in [0.717, 1.165) is 9.87 Å². The van der Waals surface area contributed by atoms with Crippen molar-refractivity contribution in [1.29, 1.82) is 0 Å². The lowest BCUT2D eigenvalue weighted by Gasteiger charge is -2.12. The van der Waals surface area contributed by atoms with Gasteiger partial charge >= 0.3 is 5.97 Å². The van der Waals surface area contributed by atoms with Crippen molar-refractivity contribution in [3.63, 3.8) is 0 Å². The molecule has 0 aliphatic heterocycles. The molecule has 0 bridgehead atoms. The third-order valence-corrected chi connectivity index (χ3v) is 2.14. The molecule has 0 atom stereocenters. The molecule has 1 aromatic rings. The lowest BCUT2D eigenvalue weighted by atomic mass is 10.1. The van der Waals surface area contributed by atoms with Crippen LogP contribution in [0.5, 0.6) is 0 Å². The van der Waals surface area contributed by atoms with Gasteiger partial charge in [0.1, 0.15) is 6.54 Å². The molecule has 80 valence electrons. The fraction of sp³-hybridized carbons (Fsp3) is 0.200. The van der Waals surface area contributed by atoms with Crippen LogP contribution in [0.25, 0.3) is 0 Å². The number of aliphatic carboxylic acids is 1. The van der Waals surface area contributed by atoms with Gasteiger partial charge in [0, 0.05) is 0 Å². The summed E-state index contributed by atoms with van der Waals surface area (Å²) in [4.78, 5) is 21.8. The first kappa shape index (κ1) is 11.6. The number of carboxylic acid groups (broad SMARTS) is 1. The van der Waals surface area contributed by atoms with Gasteiger partial charge in [-0.25, -0.2) is 0 Å². The molecule has 0 aliphatic carbocycles. The SMILES string of the molecule is O=C(O)CN(S)C(=O)Cc1ccccc1. The molecule has 1 amide bonds. The molecule has 0 spiro atoms. The molecule has 5 heteroatoms. The second kappa shape index (κ2) is 5.41. The zero-order valence-corrected chi connectivity index (χ0v) is 8.85. The topological polar surface area (TPSA) is 57.6 Å². The van der Waals surface area contributed by atoms with E-state index in [4.69, 9.17) is 5.11 Å². The van der Waals surface area contributed by atoms with E-state index < -0.39 is 12.5 Å². The van der Waals surface area contributed by atoms with Crippen LogP contribution in [0.15, 0.2) is 30.3 Å². The van der Waals surface area contributed by atoms with Crippen molar-refractivity contribution in [2.45, 2.75) is 6.42 Å². The Bertz CT molecular complexity index is 353. The molecular weight excluding hydrogens is 214 g/mol. The van der Waals surface area contributed by atoms with Crippen LogP contribution in [0.4, 0.5) is 0 Å². The third-order valence-electron chi connectivity index (χ3n) is 1.77. The van der Waals surface area contributed by atoms with Crippen LogP contribution in [0, 0.1) is 0 Å². The number of thiol groups is 1. The van der Waals surface area contributed by atoms with Gasteiger partial charge in [0.25, 0.3) is 0 Å². The molecule has 0 saturated heterocycles. The Hall–Kier alpha value is -1.49. The summed E-state index contributed by atoms with van der Waals surface area (Å²) in [6.45, 7) is -0.394. The summed E-state index contributed by atoms with van der Waals surface area (Å²) in [5.74, 6) is -1.40. The molecule has 0 aliphatic rings. The van der Waals surface area contributed by atoms with Gasteiger partial charge in [-0.1, -0.05) is 43.1 Å². The predicted octanol–water partition coefficient (Wildman–Crippen LogP) is 0.987. The summed E-state index contributed by atoms with van der Waals surface area (Å²) in [7, 11) is 0. The smallest absolute Gasteiger partial charge is 0.324 e. The Morgan fingerprint density at radius 2 is 1.87 bits per heavy atom. The maximum absolute atomic E-state index is 11.4. The van der Waals surface area contributed by atoms with E-state index in [0.29, 0.717) is 0 Å². The molecular formula is C10H11NO3S. The highest BCUT2D eigenvalue weighted by atomic mass is 32.1. The fourth-order valence-corrected chi connectivity index (χ4v) is 1.27. The summed E-state index contributed by atoms with van der Waals surface area (Å²) < 4.78 is 0.898. The lowest BCUT2D eigenvalue weighted by molar-refractivity contribution is -0.140. The quantitative estimate of drug-likeness (QED) is 0.751. The van der Waals surface area contributed by atoms with Gasteiger partial charge in [0.05, 0.1) is 6.42 Å². The van der Waals surface area contributed by atoms with Gasteiger partial charge in [0.2, 0.25) is 5.91 Å². The zero-order valence-electron chi connectivity index (χ0n) is 7.96. The number of carbonyl (C=O) groups excluding carboxylic acids is 1. The maximum atomic E-state index is 11.4. The number of nitrogens with zero attached hydrogens (tertiary/aromatic N) is 1. The number of amides is 1. The van der Waals surface area contributed by atoms with Crippen molar-refractivity contribution in [1.82, 2.24) is 4.31 Å². The second-order valence-corrected chi connectivity index (χ2v) is 3.49. The van der Waals surface area contributed by atoms with E-state index in [1.807, 2.05) is 18.2 Å². The standard InChI is InChI=1S/C10H11NO3S/c12-9(11(15)7-10(13)14)6-8-4-2-1-3-5-8/h1-5,15H,6-7H2,(H,13,14). The monoisotopic (exact) mass is 225 g/mol. The molecule has 1 aromatic carbocycles.